The molecule has 1 rings (SSSR count). The molecule has 0 radical (unpaired) electrons. The van der Waals surface area contributed by atoms with E-state index in [4.69, 9.17) is 10.5 Å². The van der Waals surface area contributed by atoms with E-state index in [1.165, 1.54) is 12.0 Å². The Morgan fingerprint density at radius 3 is 2.68 bits per heavy atom. The molecule has 0 saturated heterocycles. The van der Waals surface area contributed by atoms with Crippen molar-refractivity contribution in [3.05, 3.63) is 23.8 Å². The van der Waals surface area contributed by atoms with Gasteiger partial charge in [-0.25, -0.2) is 0 Å². The van der Waals surface area contributed by atoms with Gasteiger partial charge < -0.3 is 20.7 Å². The molecule has 1 atom stereocenters. The summed E-state index contributed by atoms with van der Waals surface area (Å²) in [5.41, 5.74) is 7.86. The zero-order valence-electron chi connectivity index (χ0n) is 12.6. The average molecular weight is 265 g/mol. The summed E-state index contributed by atoms with van der Waals surface area (Å²) < 4.78 is 5.16. The maximum absolute atomic E-state index is 5.91. The van der Waals surface area contributed by atoms with Crippen LogP contribution in [-0.2, 0) is 6.42 Å². The number of nitrogens with two attached hydrogens (primary N) is 1. The minimum absolute atomic E-state index is 0.454. The number of anilines is 1. The molecule has 0 aliphatic carbocycles. The molecular formula is C15H27N3O. The van der Waals surface area contributed by atoms with E-state index in [0.29, 0.717) is 11.7 Å². The predicted molar refractivity (Wildman–Crippen MR) is 81.7 cm³/mol. The van der Waals surface area contributed by atoms with Crippen molar-refractivity contribution >= 4 is 5.69 Å². The van der Waals surface area contributed by atoms with Crippen LogP contribution in [-0.4, -0.2) is 45.2 Å². The lowest BCUT2D eigenvalue weighted by Gasteiger charge is -2.16. The van der Waals surface area contributed by atoms with Crippen molar-refractivity contribution in [3.63, 3.8) is 0 Å². The van der Waals surface area contributed by atoms with Crippen LogP contribution in [0.3, 0.4) is 0 Å². The molecule has 0 fully saturated rings. The Morgan fingerprint density at radius 1 is 1.37 bits per heavy atom. The zero-order valence-corrected chi connectivity index (χ0v) is 12.6. The minimum atomic E-state index is 0.454. The molecule has 1 aromatic carbocycles. The van der Waals surface area contributed by atoms with Gasteiger partial charge in [-0.2, -0.15) is 0 Å². The van der Waals surface area contributed by atoms with Crippen molar-refractivity contribution < 1.29 is 4.74 Å². The second-order valence-corrected chi connectivity index (χ2v) is 5.29. The standard InChI is InChI=1S/C15H27N3O/c1-12(17-8-5-9-18(2)3)10-13-6-7-15(19-4)14(16)11-13/h6-7,11-12,17H,5,8-10,16H2,1-4H3. The van der Waals surface area contributed by atoms with Gasteiger partial charge in [-0.1, -0.05) is 6.07 Å². The monoisotopic (exact) mass is 265 g/mol. The van der Waals surface area contributed by atoms with E-state index in [0.717, 1.165) is 25.3 Å². The fraction of sp³-hybridized carbons (Fsp3) is 0.600. The van der Waals surface area contributed by atoms with Gasteiger partial charge in [-0.3, -0.25) is 0 Å². The molecule has 0 saturated carbocycles. The summed E-state index contributed by atoms with van der Waals surface area (Å²) >= 11 is 0. The number of hydrogen-bond acceptors (Lipinski definition) is 4. The third-order valence-corrected chi connectivity index (χ3v) is 3.11. The first-order chi connectivity index (χ1) is 9.02. The predicted octanol–water partition coefficient (Wildman–Crippen LogP) is 1.75. The van der Waals surface area contributed by atoms with Gasteiger partial charge >= 0.3 is 0 Å². The number of methoxy groups -OCH3 is 1. The third kappa shape index (κ3) is 5.94. The highest BCUT2D eigenvalue weighted by atomic mass is 16.5. The summed E-state index contributed by atoms with van der Waals surface area (Å²) in [6.45, 7) is 4.37. The fourth-order valence-corrected chi connectivity index (χ4v) is 2.08. The van der Waals surface area contributed by atoms with E-state index >= 15 is 0 Å². The Bertz CT molecular complexity index is 380. The number of hydrogen-bond donors (Lipinski definition) is 2. The third-order valence-electron chi connectivity index (χ3n) is 3.11. The lowest BCUT2D eigenvalue weighted by Crippen LogP contribution is -2.30. The lowest BCUT2D eigenvalue weighted by molar-refractivity contribution is 0.388. The highest BCUT2D eigenvalue weighted by Crippen LogP contribution is 2.22. The first-order valence-corrected chi connectivity index (χ1v) is 6.83. The number of nitrogens with one attached hydrogen (secondary N) is 1. The fourth-order valence-electron chi connectivity index (χ4n) is 2.08. The smallest absolute Gasteiger partial charge is 0.141 e. The Balaban J connectivity index is 2.35. The molecule has 0 heterocycles. The molecule has 1 aromatic rings. The molecule has 108 valence electrons. The maximum Gasteiger partial charge on any atom is 0.141 e. The Hall–Kier alpha value is -1.26. The van der Waals surface area contributed by atoms with E-state index in [2.05, 4.69) is 37.3 Å². The highest BCUT2D eigenvalue weighted by molar-refractivity contribution is 5.54. The van der Waals surface area contributed by atoms with Crippen LogP contribution in [0, 0.1) is 0 Å². The van der Waals surface area contributed by atoms with Crippen molar-refractivity contribution in [2.24, 2.45) is 0 Å². The number of rotatable bonds is 8. The van der Waals surface area contributed by atoms with Crippen LogP contribution >= 0.6 is 0 Å². The second kappa shape index (κ2) is 8.02. The molecule has 0 aromatic heterocycles. The van der Waals surface area contributed by atoms with Gasteiger partial charge in [0.2, 0.25) is 0 Å². The number of ether oxygens (including phenoxy) is 1. The number of nitrogens with zero attached hydrogens (tertiary/aromatic N) is 1. The first-order valence-electron chi connectivity index (χ1n) is 6.83. The largest absolute Gasteiger partial charge is 0.495 e. The summed E-state index contributed by atoms with van der Waals surface area (Å²) in [4.78, 5) is 2.20. The van der Waals surface area contributed by atoms with E-state index < -0.39 is 0 Å². The molecule has 3 N–H and O–H groups in total. The quantitative estimate of drug-likeness (QED) is 0.555. The summed E-state index contributed by atoms with van der Waals surface area (Å²) in [5, 5.41) is 3.54. The van der Waals surface area contributed by atoms with Gasteiger partial charge in [0.25, 0.3) is 0 Å². The molecule has 19 heavy (non-hydrogen) atoms. The van der Waals surface area contributed by atoms with Crippen molar-refractivity contribution in [1.82, 2.24) is 10.2 Å². The molecule has 4 heteroatoms. The summed E-state index contributed by atoms with van der Waals surface area (Å²) in [5.74, 6) is 0.746. The molecule has 1 unspecified atom stereocenters. The molecule has 0 aliphatic rings. The molecule has 0 bridgehead atoms. The Morgan fingerprint density at radius 2 is 2.11 bits per heavy atom. The van der Waals surface area contributed by atoms with Crippen LogP contribution in [0.15, 0.2) is 18.2 Å². The van der Waals surface area contributed by atoms with Crippen molar-refractivity contribution in [2.75, 3.05) is 40.0 Å². The van der Waals surface area contributed by atoms with E-state index in [1.54, 1.807) is 7.11 Å². The molecule has 4 nitrogen and oxygen atoms in total. The number of benzene rings is 1. The van der Waals surface area contributed by atoms with Crippen LogP contribution < -0.4 is 15.8 Å². The van der Waals surface area contributed by atoms with Crippen molar-refractivity contribution in [2.45, 2.75) is 25.8 Å². The summed E-state index contributed by atoms with van der Waals surface area (Å²) in [7, 11) is 5.84. The Kier molecular flexibility index (Phi) is 6.67. The van der Waals surface area contributed by atoms with E-state index in [1.807, 2.05) is 12.1 Å². The van der Waals surface area contributed by atoms with Gasteiger partial charge in [0, 0.05) is 6.04 Å². The normalized spacial score (nSPS) is 12.7. The van der Waals surface area contributed by atoms with Crippen molar-refractivity contribution in [3.8, 4) is 5.75 Å². The highest BCUT2D eigenvalue weighted by Gasteiger charge is 2.05. The Labute approximate surface area is 116 Å². The van der Waals surface area contributed by atoms with Gasteiger partial charge in [0.05, 0.1) is 12.8 Å². The van der Waals surface area contributed by atoms with E-state index in [9.17, 15) is 0 Å². The average Bonchev–Trinajstić information content (AvgIpc) is 2.35. The second-order valence-electron chi connectivity index (χ2n) is 5.29. The van der Waals surface area contributed by atoms with Gasteiger partial charge in [-0.15, -0.1) is 0 Å². The maximum atomic E-state index is 5.91. The molecule has 0 aliphatic heterocycles. The molecule has 0 amide bonds. The van der Waals surface area contributed by atoms with Crippen molar-refractivity contribution in [1.29, 1.82) is 0 Å². The van der Waals surface area contributed by atoms with Gasteiger partial charge in [0.1, 0.15) is 5.75 Å². The van der Waals surface area contributed by atoms with Crippen LogP contribution in [0.5, 0.6) is 5.75 Å². The van der Waals surface area contributed by atoms with Crippen LogP contribution in [0.25, 0.3) is 0 Å². The van der Waals surface area contributed by atoms with E-state index in [-0.39, 0.29) is 0 Å². The van der Waals surface area contributed by atoms with Gasteiger partial charge in [0.15, 0.2) is 0 Å². The van der Waals surface area contributed by atoms with Crippen LogP contribution in [0.1, 0.15) is 18.9 Å². The topological polar surface area (TPSA) is 50.5 Å². The first kappa shape index (κ1) is 15.8. The minimum Gasteiger partial charge on any atom is -0.495 e. The molecular weight excluding hydrogens is 238 g/mol. The lowest BCUT2D eigenvalue weighted by atomic mass is 10.1. The van der Waals surface area contributed by atoms with Gasteiger partial charge in [-0.05, 0) is 64.6 Å². The summed E-state index contributed by atoms with van der Waals surface area (Å²) in [6, 6.07) is 6.46. The summed E-state index contributed by atoms with van der Waals surface area (Å²) in [6.07, 6.45) is 2.15. The molecule has 0 spiro atoms. The SMILES string of the molecule is COc1ccc(CC(C)NCCCN(C)C)cc1N. The zero-order chi connectivity index (χ0) is 14.3. The number of nitrogen functional groups attached to an aromatic ring is 1. The van der Waals surface area contributed by atoms with Crippen LogP contribution in [0.4, 0.5) is 5.69 Å². The van der Waals surface area contributed by atoms with Crippen LogP contribution in [0.2, 0.25) is 0 Å².